The van der Waals surface area contributed by atoms with E-state index in [1.54, 1.807) is 13.2 Å². The van der Waals surface area contributed by atoms with Crippen molar-refractivity contribution in [1.82, 2.24) is 9.78 Å². The number of nitrogens with one attached hydrogen (secondary N) is 1. The van der Waals surface area contributed by atoms with Crippen LogP contribution in [0.25, 0.3) is 0 Å². The van der Waals surface area contributed by atoms with Gasteiger partial charge in [0, 0.05) is 37.5 Å². The lowest BCUT2D eigenvalue weighted by atomic mass is 9.87. The van der Waals surface area contributed by atoms with E-state index >= 15 is 0 Å². The fourth-order valence-electron chi connectivity index (χ4n) is 4.49. The second kappa shape index (κ2) is 9.98. The predicted octanol–water partition coefficient (Wildman–Crippen LogP) is 5.77. The predicted molar refractivity (Wildman–Crippen MR) is 131 cm³/mol. The monoisotopic (exact) mass is 448 g/mol. The van der Waals surface area contributed by atoms with Gasteiger partial charge < -0.3 is 19.7 Å². The van der Waals surface area contributed by atoms with Crippen LogP contribution in [0.2, 0.25) is 0 Å². The Morgan fingerprint density at radius 2 is 1.79 bits per heavy atom. The summed E-state index contributed by atoms with van der Waals surface area (Å²) < 4.78 is 12.1. The summed E-state index contributed by atoms with van der Waals surface area (Å²) >= 11 is 0. The highest BCUT2D eigenvalue weighted by Gasteiger charge is 2.21. The number of ether oxygens (including phenoxy) is 2. The SMILES string of the molecule is COC(=O)c1cc(OC)ccc1Nc1ccc(N(C)c2cc(C3CCCCC3)nn2C)cc1. The minimum Gasteiger partial charge on any atom is -0.497 e. The Balaban J connectivity index is 1.51. The summed E-state index contributed by atoms with van der Waals surface area (Å²) in [5.41, 5.74) is 4.21. The second-order valence-electron chi connectivity index (χ2n) is 8.52. The summed E-state index contributed by atoms with van der Waals surface area (Å²) in [5, 5.41) is 8.12. The number of nitrogens with zero attached hydrogens (tertiary/aromatic N) is 3. The molecule has 33 heavy (non-hydrogen) atoms. The molecule has 4 rings (SSSR count). The molecule has 0 aliphatic heterocycles. The van der Waals surface area contributed by atoms with Crippen molar-refractivity contribution in [1.29, 1.82) is 0 Å². The van der Waals surface area contributed by atoms with Crippen LogP contribution in [-0.2, 0) is 11.8 Å². The largest absolute Gasteiger partial charge is 0.497 e. The van der Waals surface area contributed by atoms with Gasteiger partial charge in [-0.2, -0.15) is 5.10 Å². The first kappa shape index (κ1) is 22.7. The number of aromatic nitrogens is 2. The van der Waals surface area contributed by atoms with E-state index in [0.29, 0.717) is 22.9 Å². The molecule has 7 heteroatoms. The van der Waals surface area contributed by atoms with Gasteiger partial charge in [-0.15, -0.1) is 0 Å². The van der Waals surface area contributed by atoms with Crippen molar-refractivity contribution in [3.63, 3.8) is 0 Å². The van der Waals surface area contributed by atoms with Crippen LogP contribution in [0.4, 0.5) is 22.9 Å². The average Bonchev–Trinajstić information content (AvgIpc) is 3.26. The molecule has 1 saturated carbocycles. The van der Waals surface area contributed by atoms with E-state index in [1.807, 2.05) is 36.0 Å². The zero-order chi connectivity index (χ0) is 23.4. The van der Waals surface area contributed by atoms with Crippen molar-refractivity contribution in [3.8, 4) is 5.75 Å². The second-order valence-corrected chi connectivity index (χ2v) is 8.52. The van der Waals surface area contributed by atoms with Crippen LogP contribution in [0.3, 0.4) is 0 Å². The number of methoxy groups -OCH3 is 2. The number of hydrogen-bond acceptors (Lipinski definition) is 6. The summed E-state index contributed by atoms with van der Waals surface area (Å²) in [6.45, 7) is 0. The number of esters is 1. The molecule has 1 aliphatic carbocycles. The standard InChI is InChI=1S/C26H32N4O3/c1-29(25-17-24(28-30(25)2)18-8-6-5-7-9-18)20-12-10-19(11-13-20)27-23-15-14-21(32-3)16-22(23)26(31)33-4/h10-18,27H,5-9H2,1-4H3. The zero-order valence-electron chi connectivity index (χ0n) is 19.8. The minimum atomic E-state index is -0.419. The summed E-state index contributed by atoms with van der Waals surface area (Å²) in [4.78, 5) is 14.4. The summed E-state index contributed by atoms with van der Waals surface area (Å²) in [6, 6.07) is 15.6. The van der Waals surface area contributed by atoms with E-state index in [0.717, 1.165) is 17.2 Å². The van der Waals surface area contributed by atoms with Gasteiger partial charge in [0.05, 0.1) is 31.2 Å². The van der Waals surface area contributed by atoms with Gasteiger partial charge in [-0.3, -0.25) is 4.68 Å². The molecule has 1 aliphatic rings. The summed E-state index contributed by atoms with van der Waals surface area (Å²) in [6.07, 6.45) is 6.41. The fraction of sp³-hybridized carbons (Fsp3) is 0.385. The van der Waals surface area contributed by atoms with Gasteiger partial charge in [-0.05, 0) is 55.3 Å². The van der Waals surface area contributed by atoms with Gasteiger partial charge >= 0.3 is 5.97 Å². The van der Waals surface area contributed by atoms with Crippen molar-refractivity contribution in [2.45, 2.75) is 38.0 Å². The third-order valence-electron chi connectivity index (χ3n) is 6.41. The molecule has 1 aromatic heterocycles. The molecule has 1 fully saturated rings. The smallest absolute Gasteiger partial charge is 0.340 e. The van der Waals surface area contributed by atoms with Gasteiger partial charge in [0.1, 0.15) is 11.6 Å². The average molecular weight is 449 g/mol. The number of carbonyl (C=O) groups is 1. The summed E-state index contributed by atoms with van der Waals surface area (Å²) in [7, 11) is 7.00. The molecule has 0 spiro atoms. The Morgan fingerprint density at radius 1 is 1.06 bits per heavy atom. The number of rotatable bonds is 7. The lowest BCUT2D eigenvalue weighted by Gasteiger charge is -2.20. The highest BCUT2D eigenvalue weighted by molar-refractivity contribution is 5.97. The topological polar surface area (TPSA) is 68.6 Å². The number of hydrogen-bond donors (Lipinski definition) is 1. The quantitative estimate of drug-likeness (QED) is 0.463. The van der Waals surface area contributed by atoms with E-state index < -0.39 is 5.97 Å². The van der Waals surface area contributed by atoms with Crippen LogP contribution >= 0.6 is 0 Å². The molecule has 7 nitrogen and oxygen atoms in total. The molecule has 0 radical (unpaired) electrons. The van der Waals surface area contributed by atoms with E-state index in [9.17, 15) is 4.79 Å². The van der Waals surface area contributed by atoms with Crippen molar-refractivity contribution in [2.75, 3.05) is 31.5 Å². The first-order chi connectivity index (χ1) is 16.0. The van der Waals surface area contributed by atoms with Gasteiger partial charge in [-0.25, -0.2) is 4.79 Å². The lowest BCUT2D eigenvalue weighted by Crippen LogP contribution is -2.13. The van der Waals surface area contributed by atoms with Crippen LogP contribution in [0.15, 0.2) is 48.5 Å². The third-order valence-corrected chi connectivity index (χ3v) is 6.41. The molecule has 3 aromatic rings. The van der Waals surface area contributed by atoms with E-state index in [-0.39, 0.29) is 0 Å². The fourth-order valence-corrected chi connectivity index (χ4v) is 4.49. The van der Waals surface area contributed by atoms with Crippen molar-refractivity contribution >= 4 is 28.8 Å². The van der Waals surface area contributed by atoms with Crippen LogP contribution in [-0.4, -0.2) is 37.0 Å². The van der Waals surface area contributed by atoms with Crippen LogP contribution in [0.5, 0.6) is 5.75 Å². The third kappa shape index (κ3) is 4.97. The lowest BCUT2D eigenvalue weighted by molar-refractivity contribution is 0.0601. The highest BCUT2D eigenvalue weighted by Crippen LogP contribution is 2.35. The van der Waals surface area contributed by atoms with Crippen molar-refractivity contribution in [2.24, 2.45) is 7.05 Å². The maximum Gasteiger partial charge on any atom is 0.340 e. The van der Waals surface area contributed by atoms with E-state index in [4.69, 9.17) is 14.6 Å². The number of carbonyl (C=O) groups excluding carboxylic acids is 1. The maximum atomic E-state index is 12.2. The molecule has 1 N–H and O–H groups in total. The van der Waals surface area contributed by atoms with Gasteiger partial charge in [0.2, 0.25) is 0 Å². The van der Waals surface area contributed by atoms with Crippen LogP contribution < -0.4 is 15.0 Å². The molecule has 2 aromatic carbocycles. The zero-order valence-corrected chi connectivity index (χ0v) is 19.8. The Labute approximate surface area is 195 Å². The Hall–Kier alpha value is -3.48. The molecule has 0 atom stereocenters. The number of anilines is 4. The molecule has 174 valence electrons. The normalized spacial score (nSPS) is 14.1. The first-order valence-electron chi connectivity index (χ1n) is 11.4. The van der Waals surface area contributed by atoms with E-state index in [2.05, 4.69) is 35.5 Å². The molecule has 0 bridgehead atoms. The maximum absolute atomic E-state index is 12.2. The molecule has 0 saturated heterocycles. The molecule has 0 unspecified atom stereocenters. The first-order valence-corrected chi connectivity index (χ1v) is 11.4. The van der Waals surface area contributed by atoms with Crippen LogP contribution in [0, 0.1) is 0 Å². The molecular weight excluding hydrogens is 416 g/mol. The van der Waals surface area contributed by atoms with Crippen molar-refractivity contribution in [3.05, 3.63) is 59.8 Å². The van der Waals surface area contributed by atoms with Crippen molar-refractivity contribution < 1.29 is 14.3 Å². The Bertz CT molecular complexity index is 1100. The number of benzene rings is 2. The van der Waals surface area contributed by atoms with Gasteiger partial charge in [0.25, 0.3) is 0 Å². The highest BCUT2D eigenvalue weighted by atomic mass is 16.5. The molecule has 1 heterocycles. The van der Waals surface area contributed by atoms with Gasteiger partial charge in [-0.1, -0.05) is 19.3 Å². The minimum absolute atomic E-state index is 0.419. The molecular formula is C26H32N4O3. The van der Waals surface area contributed by atoms with Gasteiger partial charge in [0.15, 0.2) is 0 Å². The number of aryl methyl sites for hydroxylation is 1. The Kier molecular flexibility index (Phi) is 6.87. The summed E-state index contributed by atoms with van der Waals surface area (Å²) in [5.74, 6) is 1.83. The van der Waals surface area contributed by atoms with E-state index in [1.165, 1.54) is 44.9 Å². The molecule has 0 amide bonds. The van der Waals surface area contributed by atoms with Crippen LogP contribution in [0.1, 0.15) is 54.1 Å². The Morgan fingerprint density at radius 3 is 2.45 bits per heavy atom.